The third-order valence-corrected chi connectivity index (χ3v) is 6.65. The fraction of sp³-hybridized carbons (Fsp3) is 0.423. The number of benzene rings is 2. The molecular formula is C26H31N3O3. The third kappa shape index (κ3) is 4.38. The Balaban J connectivity index is 1.13. The third-order valence-electron chi connectivity index (χ3n) is 6.65. The summed E-state index contributed by atoms with van der Waals surface area (Å²) in [6, 6.07) is 14.5. The lowest BCUT2D eigenvalue weighted by Gasteiger charge is -2.36. The minimum atomic E-state index is 0.0370. The summed E-state index contributed by atoms with van der Waals surface area (Å²) in [6.07, 6.45) is 4.50. The average molecular weight is 434 g/mol. The number of hydrogen-bond acceptors (Lipinski definition) is 6. The number of ether oxygens (including phenoxy) is 2. The Morgan fingerprint density at radius 3 is 2.66 bits per heavy atom. The molecule has 1 saturated heterocycles. The molecule has 0 radical (unpaired) electrons. The van der Waals surface area contributed by atoms with Crippen molar-refractivity contribution >= 4 is 11.8 Å². The number of fused-ring (bicyclic) bond motifs is 3. The molecule has 2 aromatic rings. The number of nitrogens with zero attached hydrogens (tertiary/aromatic N) is 3. The van der Waals surface area contributed by atoms with Crippen molar-refractivity contribution in [3.05, 3.63) is 65.2 Å². The first-order chi connectivity index (χ1) is 15.7. The summed E-state index contributed by atoms with van der Waals surface area (Å²) in [7, 11) is 1.70. The van der Waals surface area contributed by atoms with E-state index in [0.29, 0.717) is 6.61 Å². The Bertz CT molecular complexity index is 997. The lowest BCUT2D eigenvalue weighted by molar-refractivity contribution is 0.0103. The molecule has 1 fully saturated rings. The highest BCUT2D eigenvalue weighted by Gasteiger charge is 2.41. The van der Waals surface area contributed by atoms with E-state index in [2.05, 4.69) is 57.4 Å². The van der Waals surface area contributed by atoms with Crippen LogP contribution in [-0.4, -0.2) is 74.6 Å². The van der Waals surface area contributed by atoms with Crippen molar-refractivity contribution in [2.24, 2.45) is 11.1 Å². The molecule has 2 aromatic carbocycles. The Kier molecular flexibility index (Phi) is 6.14. The topological polar surface area (TPSA) is 46.5 Å². The Hall–Kier alpha value is -2.83. The van der Waals surface area contributed by atoms with E-state index in [9.17, 15) is 0 Å². The molecule has 0 aromatic heterocycles. The summed E-state index contributed by atoms with van der Waals surface area (Å²) in [5, 5.41) is 4.47. The van der Waals surface area contributed by atoms with Gasteiger partial charge in [-0.15, -0.1) is 0 Å². The molecule has 168 valence electrons. The molecule has 2 atom stereocenters. The standard InChI is InChI=1S/C26H31N3O3/c1-19-15-24-21(16-23(19)30-2)26-22(18-31-24)25(32-27-26)17-29-13-11-28(12-14-29)10-6-9-20-7-4-3-5-8-20/h3-9,15-16,22,25H,10-14,17-18H2,1-2H3/b9-6+. The van der Waals surface area contributed by atoms with E-state index < -0.39 is 0 Å². The van der Waals surface area contributed by atoms with E-state index in [1.54, 1.807) is 7.11 Å². The van der Waals surface area contributed by atoms with E-state index in [1.807, 2.05) is 19.1 Å². The van der Waals surface area contributed by atoms with Crippen molar-refractivity contribution in [2.45, 2.75) is 13.0 Å². The molecule has 3 aliphatic rings. The van der Waals surface area contributed by atoms with Gasteiger partial charge in [0.05, 0.1) is 13.0 Å². The van der Waals surface area contributed by atoms with Gasteiger partial charge in [0.1, 0.15) is 23.8 Å². The maximum absolute atomic E-state index is 6.08. The first-order valence-corrected chi connectivity index (χ1v) is 11.4. The highest BCUT2D eigenvalue weighted by atomic mass is 16.6. The Morgan fingerprint density at radius 1 is 1.09 bits per heavy atom. The number of piperazine rings is 1. The summed E-state index contributed by atoms with van der Waals surface area (Å²) < 4.78 is 11.6. The summed E-state index contributed by atoms with van der Waals surface area (Å²) in [5.74, 6) is 1.90. The number of methoxy groups -OCH3 is 1. The van der Waals surface area contributed by atoms with Gasteiger partial charge in [0.25, 0.3) is 0 Å². The Morgan fingerprint density at radius 2 is 1.88 bits per heavy atom. The van der Waals surface area contributed by atoms with Crippen LogP contribution in [0.25, 0.3) is 6.08 Å². The van der Waals surface area contributed by atoms with Crippen LogP contribution >= 0.6 is 0 Å². The van der Waals surface area contributed by atoms with E-state index in [1.165, 1.54) is 5.56 Å². The molecule has 6 heteroatoms. The second kappa shape index (κ2) is 9.35. The Labute approximate surface area is 190 Å². The lowest BCUT2D eigenvalue weighted by Crippen LogP contribution is -2.50. The van der Waals surface area contributed by atoms with Crippen molar-refractivity contribution in [2.75, 3.05) is 53.0 Å². The number of rotatable bonds is 6. The summed E-state index contributed by atoms with van der Waals surface area (Å²) in [4.78, 5) is 10.9. The largest absolute Gasteiger partial charge is 0.496 e. The van der Waals surface area contributed by atoms with Gasteiger partial charge >= 0.3 is 0 Å². The van der Waals surface area contributed by atoms with Crippen LogP contribution in [0.15, 0.2) is 53.7 Å². The molecule has 3 heterocycles. The molecule has 6 nitrogen and oxygen atoms in total. The van der Waals surface area contributed by atoms with Gasteiger partial charge in [-0.1, -0.05) is 47.6 Å². The van der Waals surface area contributed by atoms with E-state index in [0.717, 1.165) is 67.6 Å². The van der Waals surface area contributed by atoms with Crippen LogP contribution in [0.3, 0.4) is 0 Å². The molecule has 0 N–H and O–H groups in total. The molecule has 0 aliphatic carbocycles. The van der Waals surface area contributed by atoms with Crippen molar-refractivity contribution in [3.63, 3.8) is 0 Å². The fourth-order valence-electron chi connectivity index (χ4n) is 4.73. The molecule has 2 unspecified atom stereocenters. The summed E-state index contributed by atoms with van der Waals surface area (Å²) in [6.45, 7) is 8.75. The smallest absolute Gasteiger partial charge is 0.151 e. The quantitative estimate of drug-likeness (QED) is 0.698. The SMILES string of the molecule is COc1cc2c(cc1C)OCC1C2=NOC1CN1CCN(C/C=C/c2ccccc2)CC1. The van der Waals surface area contributed by atoms with Gasteiger partial charge in [-0.3, -0.25) is 9.80 Å². The van der Waals surface area contributed by atoms with Gasteiger partial charge in [-0.2, -0.15) is 0 Å². The zero-order valence-electron chi connectivity index (χ0n) is 18.9. The molecule has 32 heavy (non-hydrogen) atoms. The van der Waals surface area contributed by atoms with Crippen LogP contribution < -0.4 is 9.47 Å². The van der Waals surface area contributed by atoms with E-state index >= 15 is 0 Å². The van der Waals surface area contributed by atoms with Gasteiger partial charge < -0.3 is 14.3 Å². The fourth-order valence-corrected chi connectivity index (χ4v) is 4.73. The first kappa shape index (κ1) is 21.0. The molecule has 0 spiro atoms. The second-order valence-electron chi connectivity index (χ2n) is 8.77. The zero-order valence-corrected chi connectivity index (χ0v) is 18.9. The van der Waals surface area contributed by atoms with E-state index in [-0.39, 0.29) is 12.0 Å². The molecular weight excluding hydrogens is 402 g/mol. The van der Waals surface area contributed by atoms with Crippen LogP contribution in [0.4, 0.5) is 0 Å². The first-order valence-electron chi connectivity index (χ1n) is 11.4. The zero-order chi connectivity index (χ0) is 21.9. The van der Waals surface area contributed by atoms with Gasteiger partial charge in [0.2, 0.25) is 0 Å². The van der Waals surface area contributed by atoms with Crippen LogP contribution in [0.5, 0.6) is 11.5 Å². The molecule has 5 rings (SSSR count). The monoisotopic (exact) mass is 433 g/mol. The normalized spacial score (nSPS) is 23.2. The highest BCUT2D eigenvalue weighted by molar-refractivity contribution is 6.06. The van der Waals surface area contributed by atoms with Crippen molar-refractivity contribution in [3.8, 4) is 11.5 Å². The minimum Gasteiger partial charge on any atom is -0.496 e. The van der Waals surface area contributed by atoms with Crippen LogP contribution in [0, 0.1) is 12.8 Å². The van der Waals surface area contributed by atoms with Gasteiger partial charge in [-0.05, 0) is 30.2 Å². The molecule has 0 bridgehead atoms. The predicted octanol–water partition coefficient (Wildman–Crippen LogP) is 3.45. The number of oxime groups is 1. The molecule has 0 saturated carbocycles. The number of hydrogen-bond donors (Lipinski definition) is 0. The van der Waals surface area contributed by atoms with Gasteiger partial charge in [-0.25, -0.2) is 0 Å². The minimum absolute atomic E-state index is 0.0370. The van der Waals surface area contributed by atoms with Crippen molar-refractivity contribution < 1.29 is 14.3 Å². The van der Waals surface area contributed by atoms with Crippen LogP contribution in [0.1, 0.15) is 16.7 Å². The highest BCUT2D eigenvalue weighted by Crippen LogP contribution is 2.37. The maximum Gasteiger partial charge on any atom is 0.151 e. The maximum atomic E-state index is 6.08. The number of aryl methyl sites for hydroxylation is 1. The lowest BCUT2D eigenvalue weighted by atomic mass is 9.89. The van der Waals surface area contributed by atoms with Crippen LogP contribution in [0.2, 0.25) is 0 Å². The summed E-state index contributed by atoms with van der Waals surface area (Å²) in [5.41, 5.74) is 4.32. The van der Waals surface area contributed by atoms with Crippen molar-refractivity contribution in [1.82, 2.24) is 9.80 Å². The van der Waals surface area contributed by atoms with Crippen molar-refractivity contribution in [1.29, 1.82) is 0 Å². The average Bonchev–Trinajstić information content (AvgIpc) is 3.23. The van der Waals surface area contributed by atoms with E-state index in [4.69, 9.17) is 14.3 Å². The summed E-state index contributed by atoms with van der Waals surface area (Å²) >= 11 is 0. The predicted molar refractivity (Wildman–Crippen MR) is 126 cm³/mol. The molecule has 0 amide bonds. The second-order valence-corrected chi connectivity index (χ2v) is 8.77. The van der Waals surface area contributed by atoms with Gasteiger partial charge in [0.15, 0.2) is 6.10 Å². The van der Waals surface area contributed by atoms with Gasteiger partial charge in [0, 0.05) is 44.8 Å². The molecule has 3 aliphatic heterocycles. The van der Waals surface area contributed by atoms with Crippen LogP contribution in [-0.2, 0) is 4.84 Å².